The van der Waals surface area contributed by atoms with Gasteiger partial charge in [-0.25, -0.2) is 8.78 Å². The molecule has 17 heavy (non-hydrogen) atoms. The molecule has 0 aromatic heterocycles. The molecule has 0 spiro atoms. The van der Waals surface area contributed by atoms with Gasteiger partial charge in [-0.1, -0.05) is 6.07 Å². The maximum Gasteiger partial charge on any atom is 0.274 e. The Balaban J connectivity index is 2.24. The zero-order valence-corrected chi connectivity index (χ0v) is 10.2. The predicted molar refractivity (Wildman–Crippen MR) is 64.2 cm³/mol. The summed E-state index contributed by atoms with van der Waals surface area (Å²) in [4.78, 5) is 1.12. The number of aryl methyl sites for hydroxylation is 1. The van der Waals surface area contributed by atoms with Crippen molar-refractivity contribution in [1.82, 2.24) is 0 Å². The molecule has 0 N–H and O–H groups in total. The predicted octanol–water partition coefficient (Wildman–Crippen LogP) is 4.12. The fraction of sp³-hybridized carbons (Fsp3) is 0.462. The summed E-state index contributed by atoms with van der Waals surface area (Å²) in [6, 6.07) is 6.66. The third kappa shape index (κ3) is 2.78. The highest BCUT2D eigenvalue weighted by Crippen LogP contribution is 2.37. The number of nitrogens with zero attached hydrogens (tertiary/aromatic N) is 1. The summed E-state index contributed by atoms with van der Waals surface area (Å²) in [5, 5.41) is 8.38. The second-order valence-corrected chi connectivity index (χ2v) is 5.27. The maximum absolute atomic E-state index is 13.8. The summed E-state index contributed by atoms with van der Waals surface area (Å²) >= 11 is 1.73. The molecule has 0 amide bonds. The molecule has 0 bridgehead atoms. The Bertz CT molecular complexity index is 451. The lowest BCUT2D eigenvalue weighted by Crippen LogP contribution is -2.14. The minimum Gasteiger partial charge on any atom is -0.201 e. The normalized spacial score (nSPS) is 15.1. The van der Waals surface area contributed by atoms with Crippen LogP contribution in [0.5, 0.6) is 0 Å². The van der Waals surface area contributed by atoms with Crippen LogP contribution < -0.4 is 0 Å². The second-order valence-electron chi connectivity index (χ2n) is 4.14. The van der Waals surface area contributed by atoms with Crippen molar-refractivity contribution in [3.05, 3.63) is 29.3 Å². The van der Waals surface area contributed by atoms with Crippen LogP contribution in [0.4, 0.5) is 8.78 Å². The monoisotopic (exact) mass is 253 g/mol. The van der Waals surface area contributed by atoms with E-state index in [9.17, 15) is 8.78 Å². The van der Waals surface area contributed by atoms with Crippen LogP contribution in [0.1, 0.15) is 30.4 Å². The molecule has 2 rings (SSSR count). The van der Waals surface area contributed by atoms with Gasteiger partial charge in [-0.3, -0.25) is 0 Å². The minimum atomic E-state index is -2.88. The van der Waals surface area contributed by atoms with Crippen LogP contribution in [0.2, 0.25) is 0 Å². The van der Waals surface area contributed by atoms with Crippen molar-refractivity contribution in [1.29, 1.82) is 5.26 Å². The van der Waals surface area contributed by atoms with E-state index in [-0.39, 0.29) is 12.0 Å². The van der Waals surface area contributed by atoms with Crippen LogP contribution in [0.3, 0.4) is 0 Å². The summed E-state index contributed by atoms with van der Waals surface area (Å²) in [7, 11) is 0. The van der Waals surface area contributed by atoms with Gasteiger partial charge >= 0.3 is 0 Å². The highest BCUT2D eigenvalue weighted by atomic mass is 32.2. The van der Waals surface area contributed by atoms with Gasteiger partial charge in [-0.05, 0) is 36.3 Å². The van der Waals surface area contributed by atoms with Crippen LogP contribution in [0.15, 0.2) is 23.1 Å². The Hall–Kier alpha value is -1.08. The fourth-order valence-electron chi connectivity index (χ4n) is 1.95. The first-order valence-corrected chi connectivity index (χ1v) is 6.63. The molecule has 4 heteroatoms. The number of halogens is 2. The molecule has 0 fully saturated rings. The van der Waals surface area contributed by atoms with Gasteiger partial charge in [0.05, 0.1) is 6.07 Å². The average molecular weight is 253 g/mol. The fourth-order valence-corrected chi connectivity index (χ4v) is 2.96. The van der Waals surface area contributed by atoms with E-state index in [1.807, 2.05) is 0 Å². The van der Waals surface area contributed by atoms with E-state index in [1.54, 1.807) is 30.0 Å². The topological polar surface area (TPSA) is 23.8 Å². The number of hydrogen-bond acceptors (Lipinski definition) is 2. The van der Waals surface area contributed by atoms with Gasteiger partial charge in [-0.2, -0.15) is 5.26 Å². The standard InChI is InChI=1S/C13H13F2NS/c14-13(15,6-2-7-16)11-4-5-12-10(9-11)3-1-8-17-12/h4-5,9H,1-3,6,8H2. The summed E-state index contributed by atoms with van der Waals surface area (Å²) in [6.45, 7) is 0. The maximum atomic E-state index is 13.8. The van der Waals surface area contributed by atoms with Gasteiger partial charge in [-0.15, -0.1) is 11.8 Å². The molecule has 1 heterocycles. The van der Waals surface area contributed by atoms with Crippen molar-refractivity contribution in [2.45, 2.75) is 36.5 Å². The van der Waals surface area contributed by atoms with E-state index in [1.165, 1.54) is 6.07 Å². The Kier molecular flexibility index (Phi) is 3.68. The highest BCUT2D eigenvalue weighted by molar-refractivity contribution is 7.99. The summed E-state index contributed by atoms with van der Waals surface area (Å²) < 4.78 is 27.5. The lowest BCUT2D eigenvalue weighted by Gasteiger charge is -2.20. The van der Waals surface area contributed by atoms with Gasteiger partial charge in [0.25, 0.3) is 5.92 Å². The van der Waals surface area contributed by atoms with E-state index in [0.717, 1.165) is 29.1 Å². The van der Waals surface area contributed by atoms with Crippen molar-refractivity contribution in [2.24, 2.45) is 0 Å². The zero-order valence-electron chi connectivity index (χ0n) is 9.38. The number of hydrogen-bond donors (Lipinski definition) is 0. The average Bonchev–Trinajstić information content (AvgIpc) is 2.36. The van der Waals surface area contributed by atoms with E-state index >= 15 is 0 Å². The summed E-state index contributed by atoms with van der Waals surface area (Å²) in [6.07, 6.45) is 1.42. The Morgan fingerprint density at radius 2 is 2.24 bits per heavy atom. The molecular weight excluding hydrogens is 240 g/mol. The minimum absolute atomic E-state index is 0.0500. The Morgan fingerprint density at radius 1 is 1.41 bits per heavy atom. The molecule has 1 aromatic rings. The molecule has 0 aliphatic carbocycles. The van der Waals surface area contributed by atoms with Gasteiger partial charge in [0.1, 0.15) is 0 Å². The first kappa shape index (κ1) is 12.4. The number of alkyl halides is 2. The Morgan fingerprint density at radius 3 is 3.00 bits per heavy atom. The lowest BCUT2D eigenvalue weighted by atomic mass is 9.99. The quantitative estimate of drug-likeness (QED) is 0.809. The SMILES string of the molecule is N#CCCC(F)(F)c1ccc2c(c1)CCCS2. The Labute approximate surface area is 104 Å². The number of nitriles is 1. The van der Waals surface area contributed by atoms with E-state index in [4.69, 9.17) is 5.26 Å². The van der Waals surface area contributed by atoms with E-state index < -0.39 is 12.3 Å². The highest BCUT2D eigenvalue weighted by Gasteiger charge is 2.31. The molecule has 0 saturated heterocycles. The number of thioether (sulfide) groups is 1. The third-order valence-corrected chi connectivity index (χ3v) is 4.08. The summed E-state index contributed by atoms with van der Waals surface area (Å²) in [5.41, 5.74) is 1.07. The number of benzene rings is 1. The number of fused-ring (bicyclic) bond motifs is 1. The first-order valence-electron chi connectivity index (χ1n) is 5.64. The molecule has 0 atom stereocenters. The lowest BCUT2D eigenvalue weighted by molar-refractivity contribution is -0.0120. The van der Waals surface area contributed by atoms with Crippen LogP contribution in [-0.2, 0) is 12.3 Å². The van der Waals surface area contributed by atoms with Gasteiger partial charge in [0, 0.05) is 23.3 Å². The van der Waals surface area contributed by atoms with Crippen molar-refractivity contribution >= 4 is 11.8 Å². The smallest absolute Gasteiger partial charge is 0.201 e. The third-order valence-electron chi connectivity index (χ3n) is 2.88. The molecule has 90 valence electrons. The molecule has 1 nitrogen and oxygen atoms in total. The summed E-state index contributed by atoms with van der Waals surface area (Å²) in [5.74, 6) is -1.82. The first-order chi connectivity index (χ1) is 8.13. The second kappa shape index (κ2) is 5.05. The van der Waals surface area contributed by atoms with Crippen LogP contribution in [0, 0.1) is 11.3 Å². The van der Waals surface area contributed by atoms with E-state index in [2.05, 4.69) is 0 Å². The van der Waals surface area contributed by atoms with Crippen molar-refractivity contribution < 1.29 is 8.78 Å². The van der Waals surface area contributed by atoms with Crippen molar-refractivity contribution in [2.75, 3.05) is 5.75 Å². The van der Waals surface area contributed by atoms with Crippen LogP contribution in [-0.4, -0.2) is 5.75 Å². The van der Waals surface area contributed by atoms with Crippen molar-refractivity contribution in [3.63, 3.8) is 0 Å². The van der Waals surface area contributed by atoms with E-state index in [0.29, 0.717) is 0 Å². The molecule has 0 radical (unpaired) electrons. The molecule has 1 aliphatic heterocycles. The molecule has 1 aromatic carbocycles. The number of rotatable bonds is 3. The van der Waals surface area contributed by atoms with Gasteiger partial charge < -0.3 is 0 Å². The molecule has 1 aliphatic rings. The van der Waals surface area contributed by atoms with Gasteiger partial charge in [0.15, 0.2) is 0 Å². The zero-order chi connectivity index (χ0) is 12.3. The molecule has 0 unspecified atom stereocenters. The largest absolute Gasteiger partial charge is 0.274 e. The van der Waals surface area contributed by atoms with Crippen LogP contribution in [0.25, 0.3) is 0 Å². The molecule has 0 saturated carbocycles. The van der Waals surface area contributed by atoms with Crippen molar-refractivity contribution in [3.8, 4) is 6.07 Å². The van der Waals surface area contributed by atoms with Gasteiger partial charge in [0.2, 0.25) is 0 Å². The molecular formula is C13H13F2NS. The van der Waals surface area contributed by atoms with Crippen LogP contribution >= 0.6 is 11.8 Å².